The number of nitrogens with zero attached hydrogens (tertiary/aromatic N) is 1. The molecule has 0 aliphatic heterocycles. The maximum Gasteiger partial charge on any atom is 0.226 e. The summed E-state index contributed by atoms with van der Waals surface area (Å²) in [6.07, 6.45) is 1.41. The molecule has 1 aromatic rings. The average Bonchev–Trinajstić information content (AvgIpc) is 2.75. The lowest BCUT2D eigenvalue weighted by molar-refractivity contribution is -0.121. The molecule has 0 spiro atoms. The lowest BCUT2D eigenvalue weighted by atomic mass is 10.0. The van der Waals surface area contributed by atoms with Crippen LogP contribution in [0, 0.1) is 5.92 Å². The minimum atomic E-state index is 0.0340. The molecule has 1 aromatic heterocycles. The monoisotopic (exact) mass is 255 g/mol. The number of nitrogens with one attached hydrogen (secondary N) is 1. The van der Waals surface area contributed by atoms with Crippen LogP contribution in [0.3, 0.4) is 0 Å². The number of aromatic nitrogens is 1. The summed E-state index contributed by atoms with van der Waals surface area (Å²) in [5.74, 6) is 0.528. The first-order chi connectivity index (χ1) is 8.06. The summed E-state index contributed by atoms with van der Waals surface area (Å²) in [6, 6.07) is 0.208. The lowest BCUT2D eigenvalue weighted by Crippen LogP contribution is -2.37. The zero-order chi connectivity index (χ0) is 12.8. The number of thiazole rings is 1. The quantitative estimate of drug-likeness (QED) is 0.813. The van der Waals surface area contributed by atoms with Crippen LogP contribution in [0.25, 0.3) is 0 Å². The number of carbonyl (C=O) groups excluding carboxylic acids is 1. The van der Waals surface area contributed by atoms with Crippen LogP contribution in [0.4, 0.5) is 0 Å². The largest absolute Gasteiger partial charge is 0.353 e. The highest BCUT2D eigenvalue weighted by molar-refractivity contribution is 7.09. The fourth-order valence-corrected chi connectivity index (χ4v) is 2.16. The van der Waals surface area contributed by atoms with E-state index in [2.05, 4.69) is 24.1 Å². The van der Waals surface area contributed by atoms with E-state index in [0.717, 1.165) is 17.1 Å². The van der Waals surface area contributed by atoms with E-state index in [1.807, 2.05) is 12.3 Å². The highest BCUT2D eigenvalue weighted by Crippen LogP contribution is 2.10. The summed E-state index contributed by atoms with van der Waals surface area (Å²) < 4.78 is 0. The van der Waals surface area contributed by atoms with E-state index in [4.69, 9.17) is 5.73 Å². The Morgan fingerprint density at radius 2 is 2.29 bits per heavy atom. The van der Waals surface area contributed by atoms with Gasteiger partial charge in [-0.2, -0.15) is 0 Å². The first-order valence-electron chi connectivity index (χ1n) is 5.99. The number of rotatable bonds is 6. The van der Waals surface area contributed by atoms with Crippen LogP contribution < -0.4 is 11.1 Å². The number of hydrogen-bond acceptors (Lipinski definition) is 4. The average molecular weight is 255 g/mol. The maximum atomic E-state index is 11.8. The van der Waals surface area contributed by atoms with Gasteiger partial charge in [-0.1, -0.05) is 20.3 Å². The molecule has 0 saturated carbocycles. The van der Waals surface area contributed by atoms with Crippen molar-refractivity contribution in [3.05, 3.63) is 16.1 Å². The molecule has 0 unspecified atom stereocenters. The Kier molecular flexibility index (Phi) is 5.58. The van der Waals surface area contributed by atoms with Gasteiger partial charge in [-0.15, -0.1) is 11.3 Å². The van der Waals surface area contributed by atoms with Gasteiger partial charge >= 0.3 is 0 Å². The zero-order valence-corrected chi connectivity index (χ0v) is 11.5. The molecule has 0 fully saturated rings. The Balaban J connectivity index is 2.44. The van der Waals surface area contributed by atoms with E-state index in [9.17, 15) is 4.79 Å². The molecule has 1 heterocycles. The van der Waals surface area contributed by atoms with E-state index in [1.54, 1.807) is 0 Å². The minimum Gasteiger partial charge on any atom is -0.353 e. The van der Waals surface area contributed by atoms with Crippen molar-refractivity contribution in [3.63, 3.8) is 0 Å². The standard InChI is InChI=1S/C12H21N3OS/c1-4-8(2)9(3)14-11(16)5-10-7-17-12(6-13)15-10/h7-9H,4-6,13H2,1-3H3,(H,14,16)/t8-,9+/m0/s1. The molecule has 4 nitrogen and oxygen atoms in total. The number of amides is 1. The summed E-state index contributed by atoms with van der Waals surface area (Å²) in [6.45, 7) is 6.75. The van der Waals surface area contributed by atoms with Crippen molar-refractivity contribution in [2.75, 3.05) is 0 Å². The molecular weight excluding hydrogens is 234 g/mol. The van der Waals surface area contributed by atoms with Gasteiger partial charge in [0.2, 0.25) is 5.91 Å². The molecule has 17 heavy (non-hydrogen) atoms. The Morgan fingerprint density at radius 3 is 2.82 bits per heavy atom. The summed E-state index contributed by atoms with van der Waals surface area (Å²) in [7, 11) is 0. The Morgan fingerprint density at radius 1 is 1.59 bits per heavy atom. The third-order valence-corrected chi connectivity index (χ3v) is 3.92. The van der Waals surface area contributed by atoms with Crippen molar-refractivity contribution in [3.8, 4) is 0 Å². The predicted octanol–water partition coefficient (Wildman–Crippen LogP) is 1.70. The second kappa shape index (κ2) is 6.71. The smallest absolute Gasteiger partial charge is 0.226 e. The molecule has 0 aliphatic carbocycles. The molecule has 5 heteroatoms. The second-order valence-electron chi connectivity index (χ2n) is 4.36. The summed E-state index contributed by atoms with van der Waals surface area (Å²) in [5.41, 5.74) is 6.29. The first-order valence-corrected chi connectivity index (χ1v) is 6.87. The first kappa shape index (κ1) is 14.1. The second-order valence-corrected chi connectivity index (χ2v) is 5.30. The molecule has 1 rings (SSSR count). The fraction of sp³-hybridized carbons (Fsp3) is 0.667. The van der Waals surface area contributed by atoms with Gasteiger partial charge in [-0.3, -0.25) is 4.79 Å². The molecule has 2 atom stereocenters. The van der Waals surface area contributed by atoms with Gasteiger partial charge < -0.3 is 11.1 Å². The van der Waals surface area contributed by atoms with Crippen LogP contribution in [-0.4, -0.2) is 16.9 Å². The van der Waals surface area contributed by atoms with Gasteiger partial charge in [0.25, 0.3) is 0 Å². The van der Waals surface area contributed by atoms with Crippen LogP contribution in [-0.2, 0) is 17.8 Å². The van der Waals surface area contributed by atoms with Crippen LogP contribution in [0.15, 0.2) is 5.38 Å². The Bertz CT molecular complexity index is 364. The highest BCUT2D eigenvalue weighted by atomic mass is 32.1. The van der Waals surface area contributed by atoms with Gasteiger partial charge in [-0.25, -0.2) is 4.98 Å². The van der Waals surface area contributed by atoms with Gasteiger partial charge in [-0.05, 0) is 12.8 Å². The van der Waals surface area contributed by atoms with Gasteiger partial charge in [0, 0.05) is 18.0 Å². The number of carbonyl (C=O) groups is 1. The van der Waals surface area contributed by atoms with Gasteiger partial charge in [0.05, 0.1) is 12.1 Å². The predicted molar refractivity (Wildman–Crippen MR) is 70.8 cm³/mol. The topological polar surface area (TPSA) is 68.0 Å². The van der Waals surface area contributed by atoms with Crippen molar-refractivity contribution in [1.82, 2.24) is 10.3 Å². The van der Waals surface area contributed by atoms with E-state index in [0.29, 0.717) is 18.9 Å². The van der Waals surface area contributed by atoms with Gasteiger partial charge in [0.15, 0.2) is 0 Å². The highest BCUT2D eigenvalue weighted by Gasteiger charge is 2.14. The van der Waals surface area contributed by atoms with Crippen molar-refractivity contribution in [2.45, 2.75) is 46.2 Å². The van der Waals surface area contributed by atoms with E-state index in [-0.39, 0.29) is 11.9 Å². The molecule has 1 amide bonds. The number of hydrogen-bond donors (Lipinski definition) is 2. The van der Waals surface area contributed by atoms with Crippen LogP contribution in [0.2, 0.25) is 0 Å². The molecule has 0 saturated heterocycles. The third-order valence-electron chi connectivity index (χ3n) is 3.00. The van der Waals surface area contributed by atoms with E-state index >= 15 is 0 Å². The van der Waals surface area contributed by atoms with Crippen LogP contribution in [0.1, 0.15) is 37.9 Å². The fourth-order valence-electron chi connectivity index (χ4n) is 1.49. The molecular formula is C12H21N3OS. The Hall–Kier alpha value is -0.940. The molecule has 0 bridgehead atoms. The molecule has 0 aromatic carbocycles. The molecule has 0 aliphatic rings. The normalized spacial score (nSPS) is 14.4. The van der Waals surface area contributed by atoms with Crippen LogP contribution >= 0.6 is 11.3 Å². The number of nitrogens with two attached hydrogens (primary N) is 1. The van der Waals surface area contributed by atoms with Crippen molar-refractivity contribution >= 4 is 17.2 Å². The minimum absolute atomic E-state index is 0.0340. The van der Waals surface area contributed by atoms with Gasteiger partial charge in [0.1, 0.15) is 5.01 Å². The third kappa shape index (κ3) is 4.44. The summed E-state index contributed by atoms with van der Waals surface area (Å²) >= 11 is 1.51. The molecule has 3 N–H and O–H groups in total. The summed E-state index contributed by atoms with van der Waals surface area (Å²) in [5, 5.41) is 5.78. The molecule has 0 radical (unpaired) electrons. The van der Waals surface area contributed by atoms with Crippen molar-refractivity contribution in [2.24, 2.45) is 11.7 Å². The SMILES string of the molecule is CC[C@H](C)[C@@H](C)NC(=O)Cc1csc(CN)n1. The zero-order valence-electron chi connectivity index (χ0n) is 10.7. The van der Waals surface area contributed by atoms with Crippen molar-refractivity contribution < 1.29 is 4.79 Å². The lowest BCUT2D eigenvalue weighted by Gasteiger charge is -2.19. The van der Waals surface area contributed by atoms with Crippen molar-refractivity contribution in [1.29, 1.82) is 0 Å². The van der Waals surface area contributed by atoms with E-state index in [1.165, 1.54) is 11.3 Å². The Labute approximate surface area is 107 Å². The summed E-state index contributed by atoms with van der Waals surface area (Å²) in [4.78, 5) is 16.0. The maximum absolute atomic E-state index is 11.8. The van der Waals surface area contributed by atoms with Crippen LogP contribution in [0.5, 0.6) is 0 Å². The molecule has 96 valence electrons. The van der Waals surface area contributed by atoms with E-state index < -0.39 is 0 Å².